The Labute approximate surface area is 105 Å². The van der Waals surface area contributed by atoms with Crippen LogP contribution >= 0.6 is 0 Å². The maximum atomic E-state index is 11.3. The van der Waals surface area contributed by atoms with Crippen molar-refractivity contribution in [2.45, 2.75) is 19.4 Å². The van der Waals surface area contributed by atoms with Gasteiger partial charge < -0.3 is 25.5 Å². The molecule has 0 bridgehead atoms. The first-order valence-electron chi connectivity index (χ1n) is 5.72. The Morgan fingerprint density at radius 1 is 1.50 bits per heavy atom. The van der Waals surface area contributed by atoms with E-state index in [-0.39, 0.29) is 18.0 Å². The molecule has 1 amide bonds. The van der Waals surface area contributed by atoms with E-state index in [2.05, 4.69) is 20.8 Å². The summed E-state index contributed by atoms with van der Waals surface area (Å²) < 4.78 is 10.0. The summed E-state index contributed by atoms with van der Waals surface area (Å²) in [6, 6.07) is -0.0302. The molecule has 1 aromatic heterocycles. The molecule has 0 aromatic carbocycles. The van der Waals surface area contributed by atoms with Gasteiger partial charge in [-0.1, -0.05) is 5.10 Å². The van der Waals surface area contributed by atoms with Crippen LogP contribution in [-0.2, 0) is 9.53 Å². The van der Waals surface area contributed by atoms with E-state index < -0.39 is 0 Å². The number of nitrogens with zero attached hydrogens (tertiary/aromatic N) is 2. The molecule has 1 aromatic rings. The van der Waals surface area contributed by atoms with E-state index in [1.165, 1.54) is 0 Å². The Bertz CT molecular complexity index is 366. The predicted octanol–water partition coefficient (Wildman–Crippen LogP) is -0.346. The van der Waals surface area contributed by atoms with Crippen molar-refractivity contribution < 1.29 is 13.9 Å². The number of amides is 1. The van der Waals surface area contributed by atoms with Gasteiger partial charge in [-0.3, -0.25) is 4.79 Å². The number of aromatic nitrogens is 2. The molecule has 1 unspecified atom stereocenters. The third-order valence-electron chi connectivity index (χ3n) is 2.09. The molecule has 0 aliphatic rings. The first-order chi connectivity index (χ1) is 8.63. The standard InChI is InChI=1S/C10H19N5O3/c1-7(11)9-14-15-10(18-9)13-4-3-8(16)12-5-6-17-2/h7H,3-6,11H2,1-2H3,(H,12,16)(H,13,15). The fourth-order valence-electron chi connectivity index (χ4n) is 1.15. The van der Waals surface area contributed by atoms with Gasteiger partial charge in [0.1, 0.15) is 0 Å². The lowest BCUT2D eigenvalue weighted by atomic mass is 10.4. The van der Waals surface area contributed by atoms with E-state index in [0.717, 1.165) is 0 Å². The molecule has 0 aliphatic carbocycles. The Balaban J connectivity index is 2.18. The fourth-order valence-corrected chi connectivity index (χ4v) is 1.15. The van der Waals surface area contributed by atoms with Crippen LogP contribution in [0.15, 0.2) is 4.42 Å². The average Bonchev–Trinajstić information content (AvgIpc) is 2.78. The summed E-state index contributed by atoms with van der Waals surface area (Å²) in [7, 11) is 1.58. The highest BCUT2D eigenvalue weighted by molar-refractivity contribution is 5.76. The number of nitrogens with two attached hydrogens (primary N) is 1. The number of rotatable bonds is 8. The zero-order valence-corrected chi connectivity index (χ0v) is 10.6. The van der Waals surface area contributed by atoms with Crippen molar-refractivity contribution >= 4 is 11.9 Å². The highest BCUT2D eigenvalue weighted by atomic mass is 16.5. The van der Waals surface area contributed by atoms with E-state index >= 15 is 0 Å². The van der Waals surface area contributed by atoms with Gasteiger partial charge in [0.2, 0.25) is 11.8 Å². The van der Waals surface area contributed by atoms with Crippen LogP contribution < -0.4 is 16.4 Å². The Morgan fingerprint density at radius 2 is 2.28 bits per heavy atom. The molecule has 0 spiro atoms. The largest absolute Gasteiger partial charge is 0.406 e. The molecule has 8 nitrogen and oxygen atoms in total. The van der Waals surface area contributed by atoms with Gasteiger partial charge in [0.15, 0.2) is 0 Å². The molecule has 8 heteroatoms. The third-order valence-corrected chi connectivity index (χ3v) is 2.09. The van der Waals surface area contributed by atoms with Crippen molar-refractivity contribution in [2.24, 2.45) is 5.73 Å². The molecule has 1 atom stereocenters. The van der Waals surface area contributed by atoms with Gasteiger partial charge in [-0.2, -0.15) is 0 Å². The Hall–Kier alpha value is -1.67. The number of carbonyl (C=O) groups is 1. The van der Waals surface area contributed by atoms with Crippen molar-refractivity contribution in [3.8, 4) is 0 Å². The molecule has 4 N–H and O–H groups in total. The SMILES string of the molecule is COCCNC(=O)CCNc1nnc(C(C)N)o1. The highest BCUT2D eigenvalue weighted by Crippen LogP contribution is 2.10. The molecular weight excluding hydrogens is 238 g/mol. The monoisotopic (exact) mass is 257 g/mol. The highest BCUT2D eigenvalue weighted by Gasteiger charge is 2.09. The van der Waals surface area contributed by atoms with Crippen molar-refractivity contribution in [1.82, 2.24) is 15.5 Å². The van der Waals surface area contributed by atoms with Gasteiger partial charge in [-0.05, 0) is 6.92 Å². The third kappa shape index (κ3) is 5.11. The summed E-state index contributed by atoms with van der Waals surface area (Å²) in [5, 5.41) is 13.1. The van der Waals surface area contributed by atoms with E-state index in [0.29, 0.717) is 32.0 Å². The van der Waals surface area contributed by atoms with Crippen LogP contribution in [0.25, 0.3) is 0 Å². The number of ether oxygens (including phenoxy) is 1. The summed E-state index contributed by atoms with van der Waals surface area (Å²) >= 11 is 0. The van der Waals surface area contributed by atoms with E-state index in [1.54, 1.807) is 14.0 Å². The Morgan fingerprint density at radius 3 is 2.89 bits per heavy atom. The van der Waals surface area contributed by atoms with Crippen LogP contribution in [0.1, 0.15) is 25.3 Å². The smallest absolute Gasteiger partial charge is 0.315 e. The molecule has 0 saturated carbocycles. The van der Waals surface area contributed by atoms with Gasteiger partial charge in [0.25, 0.3) is 0 Å². The second kappa shape index (κ2) is 7.62. The molecule has 0 saturated heterocycles. The van der Waals surface area contributed by atoms with E-state index in [4.69, 9.17) is 14.9 Å². The van der Waals surface area contributed by atoms with Crippen molar-refractivity contribution in [1.29, 1.82) is 0 Å². The maximum absolute atomic E-state index is 11.3. The quantitative estimate of drug-likeness (QED) is 0.545. The number of nitrogens with one attached hydrogen (secondary N) is 2. The van der Waals surface area contributed by atoms with Gasteiger partial charge >= 0.3 is 6.01 Å². The van der Waals surface area contributed by atoms with Crippen LogP contribution in [0.5, 0.6) is 0 Å². The predicted molar refractivity (Wildman–Crippen MR) is 64.9 cm³/mol. The van der Waals surface area contributed by atoms with Crippen molar-refractivity contribution in [2.75, 3.05) is 32.1 Å². The molecule has 1 rings (SSSR count). The lowest BCUT2D eigenvalue weighted by Gasteiger charge is -2.04. The zero-order chi connectivity index (χ0) is 13.4. The summed E-state index contributed by atoms with van der Waals surface area (Å²) in [5.74, 6) is 0.300. The fraction of sp³-hybridized carbons (Fsp3) is 0.700. The van der Waals surface area contributed by atoms with E-state index in [9.17, 15) is 4.79 Å². The molecule has 102 valence electrons. The summed E-state index contributed by atoms with van der Waals surface area (Å²) in [6.07, 6.45) is 0.319. The van der Waals surface area contributed by atoms with E-state index in [1.807, 2.05) is 0 Å². The van der Waals surface area contributed by atoms with Crippen LogP contribution in [0.2, 0.25) is 0 Å². The lowest BCUT2D eigenvalue weighted by Crippen LogP contribution is -2.28. The van der Waals surface area contributed by atoms with Crippen LogP contribution in [0.4, 0.5) is 6.01 Å². The normalized spacial score (nSPS) is 12.2. The average molecular weight is 257 g/mol. The first-order valence-corrected chi connectivity index (χ1v) is 5.72. The second-order valence-electron chi connectivity index (χ2n) is 3.75. The van der Waals surface area contributed by atoms with Gasteiger partial charge in [-0.15, -0.1) is 5.10 Å². The minimum Gasteiger partial charge on any atom is -0.406 e. The van der Waals surface area contributed by atoms with Crippen LogP contribution in [0.3, 0.4) is 0 Å². The van der Waals surface area contributed by atoms with Crippen molar-refractivity contribution in [3.63, 3.8) is 0 Å². The van der Waals surface area contributed by atoms with Crippen LogP contribution in [-0.4, -0.2) is 42.9 Å². The first kappa shape index (κ1) is 14.4. The van der Waals surface area contributed by atoms with Crippen LogP contribution in [0, 0.1) is 0 Å². The number of methoxy groups -OCH3 is 1. The second-order valence-corrected chi connectivity index (χ2v) is 3.75. The summed E-state index contributed by atoms with van der Waals surface area (Å²) in [5.41, 5.74) is 5.57. The number of hydrogen-bond acceptors (Lipinski definition) is 7. The molecule has 0 fully saturated rings. The minimum absolute atomic E-state index is 0.0634. The number of anilines is 1. The number of hydrogen-bond donors (Lipinski definition) is 3. The topological polar surface area (TPSA) is 115 Å². The molecule has 0 radical (unpaired) electrons. The van der Waals surface area contributed by atoms with Crippen molar-refractivity contribution in [3.05, 3.63) is 5.89 Å². The summed E-state index contributed by atoms with van der Waals surface area (Å²) in [6.45, 7) is 3.17. The van der Waals surface area contributed by atoms with Gasteiger partial charge in [0, 0.05) is 26.6 Å². The number of carbonyl (C=O) groups excluding carboxylic acids is 1. The van der Waals surface area contributed by atoms with Gasteiger partial charge in [0.05, 0.1) is 12.6 Å². The zero-order valence-electron chi connectivity index (χ0n) is 10.6. The lowest BCUT2D eigenvalue weighted by molar-refractivity contribution is -0.121. The Kier molecular flexibility index (Phi) is 6.09. The van der Waals surface area contributed by atoms with Gasteiger partial charge in [-0.25, -0.2) is 0 Å². The molecule has 1 heterocycles. The minimum atomic E-state index is -0.301. The summed E-state index contributed by atoms with van der Waals surface area (Å²) in [4.78, 5) is 11.3. The maximum Gasteiger partial charge on any atom is 0.315 e. The molecule has 0 aliphatic heterocycles. The molecule has 18 heavy (non-hydrogen) atoms. The molecular formula is C10H19N5O3.